The zero-order valence-electron chi connectivity index (χ0n) is 9.19. The summed E-state index contributed by atoms with van der Waals surface area (Å²) >= 11 is 0. The molecular weight excluding hydrogens is 216 g/mol. The second-order valence-electron chi connectivity index (χ2n) is 3.87. The van der Waals surface area contributed by atoms with E-state index in [2.05, 4.69) is 4.72 Å². The van der Waals surface area contributed by atoms with Crippen LogP contribution < -0.4 is 4.72 Å². The molecule has 0 aromatic carbocycles. The van der Waals surface area contributed by atoms with Gasteiger partial charge in [0, 0.05) is 25.6 Å². The number of amides is 1. The second kappa shape index (κ2) is 4.94. The number of nitrogens with one attached hydrogen (secondary N) is 1. The molecule has 1 amide bonds. The van der Waals surface area contributed by atoms with Crippen molar-refractivity contribution in [2.45, 2.75) is 32.7 Å². The highest BCUT2D eigenvalue weighted by Crippen LogP contribution is 2.09. The molecule has 0 spiro atoms. The summed E-state index contributed by atoms with van der Waals surface area (Å²) in [6, 6.07) is -0.211. The molecule has 0 aromatic rings. The van der Waals surface area contributed by atoms with Gasteiger partial charge in [0.05, 0.1) is 5.75 Å². The van der Waals surface area contributed by atoms with Gasteiger partial charge in [0.15, 0.2) is 0 Å². The molecule has 1 N–H and O–H groups in total. The average Bonchev–Trinajstić information content (AvgIpc) is 2.51. The fraction of sp³-hybridized carbons (Fsp3) is 0.889. The molecule has 1 aliphatic rings. The number of hydrogen-bond acceptors (Lipinski definition) is 3. The predicted octanol–water partition coefficient (Wildman–Crippen LogP) is -0.0634. The van der Waals surface area contributed by atoms with Crippen LogP contribution in [0.15, 0.2) is 0 Å². The molecule has 1 rings (SSSR count). The molecule has 1 aliphatic heterocycles. The topological polar surface area (TPSA) is 66.5 Å². The number of carbonyl (C=O) groups is 1. The van der Waals surface area contributed by atoms with E-state index in [0.717, 1.165) is 13.0 Å². The van der Waals surface area contributed by atoms with Crippen LogP contribution >= 0.6 is 0 Å². The molecule has 5 nitrogen and oxygen atoms in total. The van der Waals surface area contributed by atoms with Crippen LogP contribution in [-0.2, 0) is 14.8 Å². The lowest BCUT2D eigenvalue weighted by atomic mass is 10.3. The van der Waals surface area contributed by atoms with Crippen LogP contribution in [0.2, 0.25) is 0 Å². The van der Waals surface area contributed by atoms with E-state index in [0.29, 0.717) is 13.0 Å². The van der Waals surface area contributed by atoms with Gasteiger partial charge in [-0.15, -0.1) is 0 Å². The van der Waals surface area contributed by atoms with Gasteiger partial charge in [-0.05, 0) is 20.3 Å². The first kappa shape index (κ1) is 12.4. The van der Waals surface area contributed by atoms with Crippen LogP contribution in [0.5, 0.6) is 0 Å². The van der Waals surface area contributed by atoms with Gasteiger partial charge in [-0.1, -0.05) is 0 Å². The fourth-order valence-corrected chi connectivity index (χ4v) is 2.51. The zero-order chi connectivity index (χ0) is 11.5. The van der Waals surface area contributed by atoms with E-state index in [-0.39, 0.29) is 17.7 Å². The Labute approximate surface area is 90.9 Å². The van der Waals surface area contributed by atoms with E-state index in [1.165, 1.54) is 0 Å². The second-order valence-corrected chi connectivity index (χ2v) is 5.91. The van der Waals surface area contributed by atoms with E-state index in [9.17, 15) is 13.2 Å². The molecular formula is C9H18N2O3S. The van der Waals surface area contributed by atoms with Crippen molar-refractivity contribution in [1.82, 2.24) is 9.62 Å². The highest BCUT2D eigenvalue weighted by Gasteiger charge is 2.23. The summed E-state index contributed by atoms with van der Waals surface area (Å²) < 4.78 is 25.0. The smallest absolute Gasteiger partial charge is 0.222 e. The molecule has 88 valence electrons. The summed E-state index contributed by atoms with van der Waals surface area (Å²) in [5, 5.41) is 0. The Kier molecular flexibility index (Phi) is 4.10. The molecule has 0 bridgehead atoms. The molecule has 0 radical (unpaired) electrons. The van der Waals surface area contributed by atoms with Crippen molar-refractivity contribution in [1.29, 1.82) is 0 Å². The van der Waals surface area contributed by atoms with Gasteiger partial charge < -0.3 is 4.90 Å². The summed E-state index contributed by atoms with van der Waals surface area (Å²) in [6.07, 6.45) is 1.47. The average molecular weight is 234 g/mol. The first-order valence-corrected chi connectivity index (χ1v) is 6.87. The lowest BCUT2D eigenvalue weighted by molar-refractivity contribution is -0.127. The molecule has 1 atom stereocenters. The van der Waals surface area contributed by atoms with Crippen LogP contribution in [-0.4, -0.2) is 44.1 Å². The molecule has 0 aromatic heterocycles. The summed E-state index contributed by atoms with van der Waals surface area (Å²) in [7, 11) is -3.17. The summed E-state index contributed by atoms with van der Waals surface area (Å²) in [6.45, 7) is 4.59. The Hall–Kier alpha value is -0.620. The van der Waals surface area contributed by atoms with E-state index in [1.807, 2.05) is 0 Å². The van der Waals surface area contributed by atoms with Gasteiger partial charge >= 0.3 is 0 Å². The van der Waals surface area contributed by atoms with Crippen molar-refractivity contribution < 1.29 is 13.2 Å². The van der Waals surface area contributed by atoms with E-state index < -0.39 is 10.0 Å². The molecule has 1 heterocycles. The molecule has 1 fully saturated rings. The van der Waals surface area contributed by atoms with Gasteiger partial charge in [0.25, 0.3) is 0 Å². The lowest BCUT2D eigenvalue weighted by Crippen LogP contribution is -2.42. The zero-order valence-corrected chi connectivity index (χ0v) is 10.0. The summed E-state index contributed by atoms with van der Waals surface area (Å²) in [5.74, 6) is 0.197. The predicted molar refractivity (Wildman–Crippen MR) is 57.9 cm³/mol. The number of hydrogen-bond donors (Lipinski definition) is 1. The van der Waals surface area contributed by atoms with Crippen LogP contribution in [0.1, 0.15) is 26.7 Å². The van der Waals surface area contributed by atoms with Gasteiger partial charge in [-0.3, -0.25) is 4.79 Å². The molecule has 0 aliphatic carbocycles. The Morgan fingerprint density at radius 1 is 1.53 bits per heavy atom. The largest absolute Gasteiger partial charge is 0.341 e. The summed E-state index contributed by atoms with van der Waals surface area (Å²) in [4.78, 5) is 13.0. The Balaban J connectivity index is 2.42. The highest BCUT2D eigenvalue weighted by atomic mass is 32.2. The first-order chi connectivity index (χ1) is 6.94. The van der Waals surface area contributed by atoms with Gasteiger partial charge in [0.1, 0.15) is 0 Å². The maximum Gasteiger partial charge on any atom is 0.222 e. The normalized spacial score (nSPS) is 19.6. The lowest BCUT2D eigenvalue weighted by Gasteiger charge is -2.21. The van der Waals surface area contributed by atoms with Crippen molar-refractivity contribution in [3.63, 3.8) is 0 Å². The third-order valence-corrected chi connectivity index (χ3v) is 3.95. The fourth-order valence-electron chi connectivity index (χ4n) is 1.65. The Morgan fingerprint density at radius 3 is 2.67 bits per heavy atom. The van der Waals surface area contributed by atoms with E-state index in [4.69, 9.17) is 0 Å². The Bertz CT molecular complexity index is 326. The van der Waals surface area contributed by atoms with Crippen molar-refractivity contribution in [3.8, 4) is 0 Å². The number of nitrogens with zero attached hydrogens (tertiary/aromatic N) is 1. The van der Waals surface area contributed by atoms with Crippen molar-refractivity contribution in [2.75, 3.05) is 18.8 Å². The van der Waals surface area contributed by atoms with E-state index in [1.54, 1.807) is 18.7 Å². The van der Waals surface area contributed by atoms with Crippen molar-refractivity contribution in [3.05, 3.63) is 0 Å². The van der Waals surface area contributed by atoms with Crippen molar-refractivity contribution >= 4 is 15.9 Å². The molecule has 1 unspecified atom stereocenters. The van der Waals surface area contributed by atoms with E-state index >= 15 is 0 Å². The quantitative estimate of drug-likeness (QED) is 0.724. The first-order valence-electron chi connectivity index (χ1n) is 5.22. The minimum atomic E-state index is -3.17. The minimum absolute atomic E-state index is 0.0747. The van der Waals surface area contributed by atoms with Crippen LogP contribution in [0.4, 0.5) is 0 Å². The standard InChI is InChI=1S/C9H18N2O3S/c1-3-15(13,14)10-8(2)7-11-6-4-5-9(11)12/h8,10H,3-7H2,1-2H3. The van der Waals surface area contributed by atoms with Gasteiger partial charge in [0.2, 0.25) is 15.9 Å². The molecule has 0 saturated carbocycles. The highest BCUT2D eigenvalue weighted by molar-refractivity contribution is 7.89. The number of carbonyl (C=O) groups excluding carboxylic acids is 1. The third kappa shape index (κ3) is 3.79. The Morgan fingerprint density at radius 2 is 2.20 bits per heavy atom. The third-order valence-electron chi connectivity index (χ3n) is 2.43. The van der Waals surface area contributed by atoms with Crippen LogP contribution in [0.3, 0.4) is 0 Å². The molecule has 6 heteroatoms. The monoisotopic (exact) mass is 234 g/mol. The minimum Gasteiger partial charge on any atom is -0.341 e. The number of likely N-dealkylation sites (tertiary alicyclic amines) is 1. The SMILES string of the molecule is CCS(=O)(=O)NC(C)CN1CCCC1=O. The maximum absolute atomic E-state index is 11.3. The number of rotatable bonds is 5. The summed E-state index contributed by atoms with van der Waals surface area (Å²) in [5.41, 5.74) is 0. The van der Waals surface area contributed by atoms with Crippen molar-refractivity contribution in [2.24, 2.45) is 0 Å². The van der Waals surface area contributed by atoms with Gasteiger partial charge in [-0.2, -0.15) is 0 Å². The number of sulfonamides is 1. The maximum atomic E-state index is 11.3. The molecule has 15 heavy (non-hydrogen) atoms. The van der Waals surface area contributed by atoms with Crippen LogP contribution in [0, 0.1) is 0 Å². The van der Waals surface area contributed by atoms with Crippen LogP contribution in [0.25, 0.3) is 0 Å². The molecule has 1 saturated heterocycles. The van der Waals surface area contributed by atoms with Gasteiger partial charge in [-0.25, -0.2) is 13.1 Å².